The molecule has 0 fully saturated rings. The van der Waals surface area contributed by atoms with Crippen molar-refractivity contribution in [1.29, 1.82) is 5.26 Å². The maximum absolute atomic E-state index is 12.9. The molecule has 0 saturated heterocycles. The van der Waals surface area contributed by atoms with Crippen LogP contribution in [-0.2, 0) is 13.0 Å². The van der Waals surface area contributed by atoms with Crippen molar-refractivity contribution in [1.82, 2.24) is 4.90 Å². The van der Waals surface area contributed by atoms with Crippen LogP contribution in [0.15, 0.2) is 64.6 Å². The molecule has 1 aromatic carbocycles. The second-order valence-corrected chi connectivity index (χ2v) is 6.36. The lowest BCUT2D eigenvalue weighted by atomic mass is 10.1. The van der Waals surface area contributed by atoms with E-state index in [1.807, 2.05) is 23.6 Å². The minimum Gasteiger partial charge on any atom is -0.467 e. The predicted octanol–water partition coefficient (Wildman–Crippen LogP) is 4.10. The second-order valence-electron chi connectivity index (χ2n) is 5.33. The molecule has 0 radical (unpaired) electrons. The van der Waals surface area contributed by atoms with Gasteiger partial charge in [0.2, 0.25) is 0 Å². The Labute approximate surface area is 144 Å². The molecule has 24 heavy (non-hydrogen) atoms. The maximum Gasteiger partial charge on any atom is 0.254 e. The summed E-state index contributed by atoms with van der Waals surface area (Å²) in [5.41, 5.74) is 1.00. The third kappa shape index (κ3) is 3.92. The number of nitrogens with zero attached hydrogens (tertiary/aromatic N) is 2. The molecule has 0 spiro atoms. The smallest absolute Gasteiger partial charge is 0.254 e. The third-order valence-corrected chi connectivity index (χ3v) is 4.60. The summed E-state index contributed by atoms with van der Waals surface area (Å²) in [7, 11) is 0. The number of benzene rings is 1. The highest BCUT2D eigenvalue weighted by atomic mass is 32.1. The highest BCUT2D eigenvalue weighted by molar-refractivity contribution is 7.09. The van der Waals surface area contributed by atoms with Crippen molar-refractivity contribution in [3.8, 4) is 6.07 Å². The Hall–Kier alpha value is -2.84. The van der Waals surface area contributed by atoms with Gasteiger partial charge in [-0.1, -0.05) is 12.1 Å². The van der Waals surface area contributed by atoms with Gasteiger partial charge in [0.05, 0.1) is 24.4 Å². The largest absolute Gasteiger partial charge is 0.467 e. The van der Waals surface area contributed by atoms with Gasteiger partial charge < -0.3 is 9.32 Å². The molecule has 0 bridgehead atoms. The van der Waals surface area contributed by atoms with Crippen molar-refractivity contribution in [3.63, 3.8) is 0 Å². The third-order valence-electron chi connectivity index (χ3n) is 3.66. The summed E-state index contributed by atoms with van der Waals surface area (Å²) in [5.74, 6) is 0.644. The molecular weight excluding hydrogens is 320 g/mol. The average molecular weight is 336 g/mol. The van der Waals surface area contributed by atoms with Crippen LogP contribution in [0.4, 0.5) is 0 Å². The van der Waals surface area contributed by atoms with Gasteiger partial charge in [0.1, 0.15) is 5.76 Å². The molecule has 5 heteroatoms. The zero-order valence-electron chi connectivity index (χ0n) is 13.0. The molecule has 2 heterocycles. The van der Waals surface area contributed by atoms with Gasteiger partial charge in [-0.3, -0.25) is 4.79 Å². The van der Waals surface area contributed by atoms with Crippen molar-refractivity contribution >= 4 is 17.2 Å². The van der Waals surface area contributed by atoms with E-state index in [9.17, 15) is 4.79 Å². The summed E-state index contributed by atoms with van der Waals surface area (Å²) in [4.78, 5) is 15.9. The molecule has 1 amide bonds. The van der Waals surface area contributed by atoms with Gasteiger partial charge >= 0.3 is 0 Å². The summed E-state index contributed by atoms with van der Waals surface area (Å²) in [6.45, 7) is 1.00. The average Bonchev–Trinajstić information content (AvgIpc) is 3.31. The molecule has 3 aromatic rings. The van der Waals surface area contributed by atoms with E-state index >= 15 is 0 Å². The van der Waals surface area contributed by atoms with Crippen LogP contribution in [0.3, 0.4) is 0 Å². The Kier molecular flexibility index (Phi) is 5.09. The van der Waals surface area contributed by atoms with Crippen LogP contribution in [0.2, 0.25) is 0 Å². The Bertz CT molecular complexity index is 833. The zero-order valence-corrected chi connectivity index (χ0v) is 13.8. The van der Waals surface area contributed by atoms with Crippen LogP contribution in [0.25, 0.3) is 0 Å². The summed E-state index contributed by atoms with van der Waals surface area (Å²) in [5, 5.41) is 11.1. The first-order valence-electron chi connectivity index (χ1n) is 7.60. The number of furan rings is 1. The number of thiophene rings is 1. The highest BCUT2D eigenvalue weighted by Gasteiger charge is 2.18. The Morgan fingerprint density at radius 3 is 2.83 bits per heavy atom. The molecule has 2 aromatic heterocycles. The van der Waals surface area contributed by atoms with Crippen molar-refractivity contribution in [2.75, 3.05) is 6.54 Å². The van der Waals surface area contributed by atoms with Gasteiger partial charge in [-0.05, 0) is 48.2 Å². The normalized spacial score (nSPS) is 10.3. The molecule has 4 nitrogen and oxygen atoms in total. The number of rotatable bonds is 6. The van der Waals surface area contributed by atoms with Gasteiger partial charge in [-0.2, -0.15) is 5.26 Å². The number of amides is 1. The first kappa shape index (κ1) is 16.0. The lowest BCUT2D eigenvalue weighted by molar-refractivity contribution is 0.0734. The fourth-order valence-electron chi connectivity index (χ4n) is 2.45. The molecule has 0 aliphatic carbocycles. The van der Waals surface area contributed by atoms with E-state index in [2.05, 4.69) is 12.1 Å². The topological polar surface area (TPSA) is 57.2 Å². The van der Waals surface area contributed by atoms with E-state index in [1.165, 1.54) is 4.88 Å². The number of carbonyl (C=O) groups excluding carboxylic acids is 1. The van der Waals surface area contributed by atoms with E-state index in [0.29, 0.717) is 24.2 Å². The van der Waals surface area contributed by atoms with Gasteiger partial charge in [0.25, 0.3) is 5.91 Å². The van der Waals surface area contributed by atoms with E-state index in [4.69, 9.17) is 9.68 Å². The Morgan fingerprint density at radius 1 is 1.21 bits per heavy atom. The summed E-state index contributed by atoms with van der Waals surface area (Å²) in [6, 6.07) is 16.6. The van der Waals surface area contributed by atoms with Crippen molar-refractivity contribution < 1.29 is 9.21 Å². The lowest BCUT2D eigenvalue weighted by Gasteiger charge is -2.21. The fraction of sp³-hybridized carbons (Fsp3) is 0.158. The molecule has 0 N–H and O–H groups in total. The van der Waals surface area contributed by atoms with E-state index in [-0.39, 0.29) is 5.91 Å². The molecular formula is C19H16N2O2S. The zero-order chi connectivity index (χ0) is 16.8. The van der Waals surface area contributed by atoms with Gasteiger partial charge in [0, 0.05) is 17.0 Å². The summed E-state index contributed by atoms with van der Waals surface area (Å²) < 4.78 is 5.39. The first-order chi connectivity index (χ1) is 11.8. The summed E-state index contributed by atoms with van der Waals surface area (Å²) in [6.07, 6.45) is 2.40. The van der Waals surface area contributed by atoms with Crippen molar-refractivity contribution in [2.24, 2.45) is 0 Å². The minimum absolute atomic E-state index is 0.0972. The minimum atomic E-state index is -0.0972. The Balaban J connectivity index is 1.79. The highest BCUT2D eigenvalue weighted by Crippen LogP contribution is 2.15. The summed E-state index contributed by atoms with van der Waals surface area (Å²) >= 11 is 1.68. The van der Waals surface area contributed by atoms with Gasteiger partial charge in [-0.25, -0.2) is 0 Å². The van der Waals surface area contributed by atoms with Crippen LogP contribution in [0.1, 0.15) is 26.6 Å². The SMILES string of the molecule is N#Cc1cccc(C(=O)N(CCc2cccs2)Cc2ccco2)c1. The number of nitriles is 1. The maximum atomic E-state index is 12.9. The van der Waals surface area contributed by atoms with E-state index < -0.39 is 0 Å². The molecule has 120 valence electrons. The van der Waals surface area contributed by atoms with Gasteiger partial charge in [0.15, 0.2) is 0 Å². The first-order valence-corrected chi connectivity index (χ1v) is 8.48. The molecule has 0 unspecified atom stereocenters. The Morgan fingerprint density at radius 2 is 2.12 bits per heavy atom. The van der Waals surface area contributed by atoms with Crippen molar-refractivity contribution in [2.45, 2.75) is 13.0 Å². The monoisotopic (exact) mass is 336 g/mol. The standard InChI is InChI=1S/C19H16N2O2S/c20-13-15-4-1-5-16(12-15)19(22)21(14-17-6-2-10-23-17)9-8-18-7-3-11-24-18/h1-7,10-12H,8-9,14H2. The number of hydrogen-bond acceptors (Lipinski definition) is 4. The van der Waals surface area contributed by atoms with Crippen LogP contribution < -0.4 is 0 Å². The molecule has 0 atom stereocenters. The second kappa shape index (κ2) is 7.62. The molecule has 0 aliphatic heterocycles. The van der Waals surface area contributed by atoms with Gasteiger partial charge in [-0.15, -0.1) is 11.3 Å². The predicted molar refractivity (Wildman–Crippen MR) is 92.6 cm³/mol. The molecule has 0 saturated carbocycles. The van der Waals surface area contributed by atoms with Crippen LogP contribution in [-0.4, -0.2) is 17.4 Å². The fourth-order valence-corrected chi connectivity index (χ4v) is 3.15. The van der Waals surface area contributed by atoms with Crippen LogP contribution in [0, 0.1) is 11.3 Å². The number of hydrogen-bond donors (Lipinski definition) is 0. The lowest BCUT2D eigenvalue weighted by Crippen LogP contribution is -2.32. The van der Waals surface area contributed by atoms with E-state index in [1.54, 1.807) is 46.8 Å². The van der Waals surface area contributed by atoms with Crippen LogP contribution in [0.5, 0.6) is 0 Å². The molecule has 0 aliphatic rings. The van der Waals surface area contributed by atoms with Crippen molar-refractivity contribution in [3.05, 3.63) is 81.9 Å². The quantitative estimate of drug-likeness (QED) is 0.681. The van der Waals surface area contributed by atoms with Crippen LogP contribution >= 0.6 is 11.3 Å². The molecule has 3 rings (SSSR count). The number of carbonyl (C=O) groups is 1. The van der Waals surface area contributed by atoms with E-state index in [0.717, 1.165) is 12.2 Å².